The Morgan fingerprint density at radius 1 is 1.21 bits per heavy atom. The molecule has 2 heterocycles. The van der Waals surface area contributed by atoms with Crippen LogP contribution >= 0.6 is 0 Å². The normalized spacial score (nSPS) is 21.3. The first-order valence-electron chi connectivity index (χ1n) is 8.37. The zero-order valence-electron chi connectivity index (χ0n) is 14.7. The number of hydrogen-bond acceptors (Lipinski definition) is 4. The van der Waals surface area contributed by atoms with E-state index in [0.717, 1.165) is 16.6 Å². The molecular formula is C19H23N3O2. The number of fused-ring (bicyclic) bond motifs is 1. The summed E-state index contributed by atoms with van der Waals surface area (Å²) in [6.45, 7) is 8.10. The minimum Gasteiger partial charge on any atom is -0.274 e. The van der Waals surface area contributed by atoms with Gasteiger partial charge in [0.25, 0.3) is 0 Å². The van der Waals surface area contributed by atoms with E-state index in [-0.39, 0.29) is 24.8 Å². The maximum Gasteiger partial charge on any atom is 0.236 e. The van der Waals surface area contributed by atoms with Gasteiger partial charge in [0.1, 0.15) is 5.82 Å². The second-order valence-corrected chi connectivity index (χ2v) is 7.36. The predicted octanol–water partition coefficient (Wildman–Crippen LogP) is 3.25. The van der Waals surface area contributed by atoms with E-state index in [0.29, 0.717) is 18.2 Å². The SMILES string of the molecule is Cc1nc(CN2C(=O)C[C@@](C)(CC(C)C)C2=O)nc2ccccc12. The lowest BCUT2D eigenvalue weighted by Crippen LogP contribution is -2.35. The van der Waals surface area contributed by atoms with Crippen molar-refractivity contribution in [2.45, 2.75) is 47.1 Å². The van der Waals surface area contributed by atoms with Gasteiger partial charge in [0.15, 0.2) is 0 Å². The van der Waals surface area contributed by atoms with Crippen LogP contribution in [0.25, 0.3) is 10.9 Å². The Morgan fingerprint density at radius 3 is 2.62 bits per heavy atom. The van der Waals surface area contributed by atoms with Gasteiger partial charge in [-0.15, -0.1) is 0 Å². The molecule has 3 rings (SSSR count). The molecule has 0 spiro atoms. The Hall–Kier alpha value is -2.30. The Balaban J connectivity index is 1.88. The van der Waals surface area contributed by atoms with Crippen LogP contribution in [0.4, 0.5) is 0 Å². The Kier molecular flexibility index (Phi) is 4.11. The van der Waals surface area contributed by atoms with Crippen molar-refractivity contribution in [1.82, 2.24) is 14.9 Å². The lowest BCUT2D eigenvalue weighted by atomic mass is 9.80. The number of amides is 2. The number of carbonyl (C=O) groups is 2. The molecule has 0 bridgehead atoms. The quantitative estimate of drug-likeness (QED) is 0.810. The molecule has 2 amide bonds. The van der Waals surface area contributed by atoms with E-state index in [1.807, 2.05) is 38.1 Å². The molecule has 0 radical (unpaired) electrons. The topological polar surface area (TPSA) is 63.2 Å². The molecule has 1 saturated heterocycles. The number of aromatic nitrogens is 2. The van der Waals surface area contributed by atoms with Crippen molar-refractivity contribution >= 4 is 22.7 Å². The standard InChI is InChI=1S/C19H23N3O2/c1-12(2)9-19(4)10-17(23)22(18(19)24)11-16-20-13(3)14-7-5-6-8-15(14)21-16/h5-8,12H,9-11H2,1-4H3/t19-/m1/s1. The fourth-order valence-corrected chi connectivity index (χ4v) is 3.67. The maximum absolute atomic E-state index is 12.8. The first kappa shape index (κ1) is 16.6. The molecule has 126 valence electrons. The monoisotopic (exact) mass is 325 g/mol. The summed E-state index contributed by atoms with van der Waals surface area (Å²) in [6.07, 6.45) is 0.988. The van der Waals surface area contributed by atoms with Crippen molar-refractivity contribution in [3.05, 3.63) is 35.8 Å². The average molecular weight is 325 g/mol. The Labute approximate surface area is 142 Å². The molecule has 1 fully saturated rings. The molecule has 0 aliphatic carbocycles. The molecule has 1 aliphatic heterocycles. The molecule has 1 aromatic heterocycles. The molecule has 2 aromatic rings. The van der Waals surface area contributed by atoms with Gasteiger partial charge in [-0.25, -0.2) is 9.97 Å². The molecule has 5 nitrogen and oxygen atoms in total. The van der Waals surface area contributed by atoms with Crippen LogP contribution in [0.5, 0.6) is 0 Å². The van der Waals surface area contributed by atoms with Gasteiger partial charge in [-0.05, 0) is 25.3 Å². The summed E-state index contributed by atoms with van der Waals surface area (Å²) in [5.41, 5.74) is 1.10. The predicted molar refractivity (Wildman–Crippen MR) is 92.0 cm³/mol. The van der Waals surface area contributed by atoms with E-state index in [9.17, 15) is 9.59 Å². The highest BCUT2D eigenvalue weighted by Gasteiger charge is 2.48. The number of benzene rings is 1. The van der Waals surface area contributed by atoms with Crippen LogP contribution in [0.1, 0.15) is 45.1 Å². The number of likely N-dealkylation sites (tertiary alicyclic amines) is 1. The number of rotatable bonds is 4. The molecule has 1 aromatic carbocycles. The van der Waals surface area contributed by atoms with Crippen molar-refractivity contribution in [2.75, 3.05) is 0 Å². The molecule has 1 aliphatic rings. The molecule has 0 N–H and O–H groups in total. The van der Waals surface area contributed by atoms with Gasteiger partial charge in [0.2, 0.25) is 11.8 Å². The number of nitrogens with zero attached hydrogens (tertiary/aromatic N) is 3. The van der Waals surface area contributed by atoms with E-state index < -0.39 is 5.41 Å². The van der Waals surface area contributed by atoms with E-state index in [1.165, 1.54) is 4.90 Å². The van der Waals surface area contributed by atoms with E-state index >= 15 is 0 Å². The van der Waals surface area contributed by atoms with Crippen LogP contribution in [0.3, 0.4) is 0 Å². The summed E-state index contributed by atoms with van der Waals surface area (Å²) >= 11 is 0. The molecule has 24 heavy (non-hydrogen) atoms. The van der Waals surface area contributed by atoms with Gasteiger partial charge < -0.3 is 0 Å². The lowest BCUT2D eigenvalue weighted by molar-refractivity contribution is -0.142. The highest BCUT2D eigenvalue weighted by Crippen LogP contribution is 2.38. The first-order valence-corrected chi connectivity index (χ1v) is 8.37. The third kappa shape index (κ3) is 2.90. The molecule has 0 saturated carbocycles. The van der Waals surface area contributed by atoms with Gasteiger partial charge in [0.05, 0.1) is 17.5 Å². The first-order chi connectivity index (χ1) is 11.3. The highest BCUT2D eigenvalue weighted by atomic mass is 16.2. The highest BCUT2D eigenvalue weighted by molar-refractivity contribution is 6.05. The van der Waals surface area contributed by atoms with Crippen molar-refractivity contribution in [1.29, 1.82) is 0 Å². The van der Waals surface area contributed by atoms with Crippen LogP contribution in [0, 0.1) is 18.3 Å². The summed E-state index contributed by atoms with van der Waals surface area (Å²) in [6, 6.07) is 7.76. The minimum atomic E-state index is -0.600. The van der Waals surface area contributed by atoms with Crippen LogP contribution in [0.15, 0.2) is 24.3 Å². The van der Waals surface area contributed by atoms with Crippen molar-refractivity contribution in [3.8, 4) is 0 Å². The number of imide groups is 1. The van der Waals surface area contributed by atoms with Crippen molar-refractivity contribution < 1.29 is 9.59 Å². The molecule has 0 unspecified atom stereocenters. The number of hydrogen-bond donors (Lipinski definition) is 0. The van der Waals surface area contributed by atoms with Crippen molar-refractivity contribution in [3.63, 3.8) is 0 Å². The van der Waals surface area contributed by atoms with E-state index in [1.54, 1.807) is 0 Å². The van der Waals surface area contributed by atoms with Crippen molar-refractivity contribution in [2.24, 2.45) is 11.3 Å². The molecule has 5 heteroatoms. The fraction of sp³-hybridized carbons (Fsp3) is 0.474. The maximum atomic E-state index is 12.8. The third-order valence-corrected chi connectivity index (χ3v) is 4.60. The van der Waals surface area contributed by atoms with Crippen LogP contribution < -0.4 is 0 Å². The summed E-state index contributed by atoms with van der Waals surface area (Å²) in [4.78, 5) is 35.5. The van der Waals surface area contributed by atoms with Gasteiger partial charge >= 0.3 is 0 Å². The molecular weight excluding hydrogens is 302 g/mol. The van der Waals surface area contributed by atoms with E-state index in [4.69, 9.17) is 0 Å². The summed E-state index contributed by atoms with van der Waals surface area (Å²) in [5.74, 6) is 0.653. The largest absolute Gasteiger partial charge is 0.274 e. The summed E-state index contributed by atoms with van der Waals surface area (Å²) < 4.78 is 0. The van der Waals surface area contributed by atoms with E-state index in [2.05, 4.69) is 23.8 Å². The number of carbonyl (C=O) groups excluding carboxylic acids is 2. The zero-order chi connectivity index (χ0) is 17.5. The van der Waals surface area contributed by atoms with Crippen LogP contribution in [-0.2, 0) is 16.1 Å². The average Bonchev–Trinajstić information content (AvgIpc) is 2.70. The number of para-hydroxylation sites is 1. The van der Waals surface area contributed by atoms with Gasteiger partial charge in [-0.1, -0.05) is 39.0 Å². The Morgan fingerprint density at radius 2 is 1.92 bits per heavy atom. The fourth-order valence-electron chi connectivity index (χ4n) is 3.67. The van der Waals surface area contributed by atoms with Crippen LogP contribution in [0.2, 0.25) is 0 Å². The van der Waals surface area contributed by atoms with Gasteiger partial charge in [-0.2, -0.15) is 0 Å². The zero-order valence-corrected chi connectivity index (χ0v) is 14.7. The lowest BCUT2D eigenvalue weighted by Gasteiger charge is -2.23. The van der Waals surface area contributed by atoms with Gasteiger partial charge in [0, 0.05) is 17.5 Å². The smallest absolute Gasteiger partial charge is 0.236 e. The third-order valence-electron chi connectivity index (χ3n) is 4.60. The summed E-state index contributed by atoms with van der Waals surface area (Å²) in [5, 5.41) is 0.991. The molecule has 1 atom stereocenters. The summed E-state index contributed by atoms with van der Waals surface area (Å²) in [7, 11) is 0. The number of aryl methyl sites for hydroxylation is 1. The van der Waals surface area contributed by atoms with Crippen LogP contribution in [-0.4, -0.2) is 26.7 Å². The minimum absolute atomic E-state index is 0.101. The second-order valence-electron chi connectivity index (χ2n) is 7.36. The second kappa shape index (κ2) is 5.96. The van der Waals surface area contributed by atoms with Gasteiger partial charge in [-0.3, -0.25) is 14.5 Å². The Bertz CT molecular complexity index is 815.